The van der Waals surface area contributed by atoms with Gasteiger partial charge in [0, 0.05) is 91.7 Å². The number of alkyl halides is 3. The van der Waals surface area contributed by atoms with E-state index in [0.29, 0.717) is 41.2 Å². The monoisotopic (exact) mass is 960 g/mol. The predicted octanol–water partition coefficient (Wildman–Crippen LogP) is 9.71. The highest BCUT2D eigenvalue weighted by atomic mass is 35.5. The maximum absolute atomic E-state index is 13.4. The van der Waals surface area contributed by atoms with E-state index in [1.807, 2.05) is 36.7 Å². The molecule has 12 rings (SSSR count). The van der Waals surface area contributed by atoms with E-state index in [4.69, 9.17) is 31.8 Å². The van der Waals surface area contributed by atoms with Gasteiger partial charge in [-0.15, -0.1) is 10.2 Å². The summed E-state index contributed by atoms with van der Waals surface area (Å²) in [6, 6.07) is 18.7. The van der Waals surface area contributed by atoms with Gasteiger partial charge in [-0.2, -0.15) is 23.1 Å². The lowest BCUT2D eigenvalue weighted by Crippen LogP contribution is -2.48. The van der Waals surface area contributed by atoms with Crippen LogP contribution in [0.3, 0.4) is 0 Å². The van der Waals surface area contributed by atoms with Crippen LogP contribution in [0.25, 0.3) is 0 Å². The molecule has 2 saturated carbocycles. The third-order valence-electron chi connectivity index (χ3n) is 15.6. The van der Waals surface area contributed by atoms with E-state index in [-0.39, 0.29) is 17.9 Å². The first-order valence-electron chi connectivity index (χ1n) is 24.9. The molecule has 4 fully saturated rings. The zero-order chi connectivity index (χ0) is 47.2. The molecule has 6 aromatic rings. The van der Waals surface area contributed by atoms with Gasteiger partial charge in [0.25, 0.3) is 0 Å². The van der Waals surface area contributed by atoms with Gasteiger partial charge in [-0.05, 0) is 118 Å². The van der Waals surface area contributed by atoms with E-state index in [9.17, 15) is 13.2 Å². The molecule has 0 radical (unpaired) electrons. The van der Waals surface area contributed by atoms with Crippen molar-refractivity contribution < 1.29 is 13.2 Å². The Kier molecular flexibility index (Phi) is 12.7. The summed E-state index contributed by atoms with van der Waals surface area (Å²) in [5.41, 5.74) is 3.30. The fourth-order valence-electron chi connectivity index (χ4n) is 12.2. The molecule has 2 aliphatic carbocycles. The number of anilines is 4. The van der Waals surface area contributed by atoms with Gasteiger partial charge >= 0.3 is 6.18 Å². The number of rotatable bonds is 8. The lowest BCUT2D eigenvalue weighted by molar-refractivity contribution is -0.137. The minimum Gasteiger partial charge on any atom is -0.356 e. The molecule has 1 unspecified atom stereocenters. The molecule has 4 aliphatic heterocycles. The van der Waals surface area contributed by atoms with Crippen LogP contribution < -0.4 is 20.4 Å². The predicted molar refractivity (Wildman–Crippen MR) is 260 cm³/mol. The number of aryl methyl sites for hydroxylation is 4. The van der Waals surface area contributed by atoms with Crippen LogP contribution in [0.1, 0.15) is 116 Å². The van der Waals surface area contributed by atoms with E-state index in [1.54, 1.807) is 18.7 Å². The van der Waals surface area contributed by atoms with Gasteiger partial charge < -0.3 is 20.4 Å². The van der Waals surface area contributed by atoms with E-state index in [0.717, 1.165) is 136 Å². The first-order valence-corrected chi connectivity index (χ1v) is 25.3. The smallest absolute Gasteiger partial charge is 0.356 e. The number of hydrogen-bond donors (Lipinski definition) is 2. The van der Waals surface area contributed by atoms with E-state index in [1.165, 1.54) is 37.0 Å². The van der Waals surface area contributed by atoms with E-state index < -0.39 is 11.7 Å². The van der Waals surface area contributed by atoms with Crippen molar-refractivity contribution in [2.75, 3.05) is 46.6 Å². The van der Waals surface area contributed by atoms with Gasteiger partial charge in [0.1, 0.15) is 35.9 Å². The van der Waals surface area contributed by atoms with Crippen LogP contribution >= 0.6 is 11.6 Å². The third kappa shape index (κ3) is 9.72. The SMILES string of the molecule is Cc1cc(N2C[C@H]3CC[C@@H](C2)[C@H]3Nc2nc3n(n2)CCCCC3c2cccc(C(F)(F)F)c2)ncn1.Cc1cc(N2C[C@H]3CC[C@@H](C2)[C@H]3Nc2nc3n(n2)CCCC[C@@H]3c2ccc(Cl)cc2)ncn1. The molecule has 362 valence electrons. The second kappa shape index (κ2) is 19.2. The molecule has 2 aromatic carbocycles. The number of fused-ring (bicyclic) bond motifs is 6. The van der Waals surface area contributed by atoms with E-state index in [2.05, 4.69) is 63.3 Å². The molecule has 0 amide bonds. The number of nitrogens with zero attached hydrogens (tertiary/aromatic N) is 12. The Morgan fingerprint density at radius 1 is 0.565 bits per heavy atom. The van der Waals surface area contributed by atoms with Gasteiger partial charge in [-0.1, -0.05) is 54.8 Å². The highest BCUT2D eigenvalue weighted by Crippen LogP contribution is 2.43. The zero-order valence-electron chi connectivity index (χ0n) is 39.2. The van der Waals surface area contributed by atoms with E-state index >= 15 is 0 Å². The Hall–Kier alpha value is -5.84. The lowest BCUT2D eigenvalue weighted by Gasteiger charge is -2.38. The van der Waals surface area contributed by atoms with Crippen LogP contribution in [0.15, 0.2) is 73.3 Å². The number of aromatic nitrogens is 10. The van der Waals surface area contributed by atoms with Crippen molar-refractivity contribution in [2.45, 2.75) is 121 Å². The number of nitrogens with one attached hydrogen (secondary N) is 2. The molecule has 8 heterocycles. The maximum atomic E-state index is 13.4. The minimum absolute atomic E-state index is 0.197. The van der Waals surface area contributed by atoms with Crippen LogP contribution in [0.4, 0.5) is 36.7 Å². The van der Waals surface area contributed by atoms with Crippen molar-refractivity contribution >= 4 is 35.1 Å². The summed E-state index contributed by atoms with van der Waals surface area (Å²) in [4.78, 5) is 32.2. The summed E-state index contributed by atoms with van der Waals surface area (Å²) in [7, 11) is 0. The first-order chi connectivity index (χ1) is 33.5. The molecule has 2 saturated heterocycles. The Labute approximate surface area is 405 Å². The minimum atomic E-state index is -4.36. The van der Waals surface area contributed by atoms with Crippen molar-refractivity contribution in [3.05, 3.63) is 118 Å². The standard InChI is InChI=1S/C26H30F3N7.C25H30ClN7/c1-16-11-22(31-15-30-16)35-13-18-8-9-19(14-35)23(18)32-25-33-24-21(7-2-3-10-36(24)34-25)17-5-4-6-20(12-17)26(27,28)29;1-16-12-22(28-15-27-16)32-13-18-5-6-19(14-32)23(18)29-25-30-24-21(4-2-3-11-33(24)31-25)17-7-9-20(26)10-8-17/h4-6,11-12,15,18-19,21,23H,2-3,7-10,13-14H2,1H3,(H,32,34);7-10,12,15,18-19,21,23H,2-6,11,13-14H2,1H3,(H,29,31)/t18-,19+,21?,23+;18-,19+,21-,23+/m.1/s1. The van der Waals surface area contributed by atoms with Crippen LogP contribution in [0.5, 0.6) is 0 Å². The quantitative estimate of drug-likeness (QED) is 0.150. The molecule has 2 N–H and O–H groups in total. The average molecular weight is 962 g/mol. The molecular weight excluding hydrogens is 901 g/mol. The number of hydrogen-bond acceptors (Lipinski definition) is 12. The van der Waals surface area contributed by atoms with Crippen LogP contribution in [-0.2, 0) is 19.3 Å². The summed E-state index contributed by atoms with van der Waals surface area (Å²) in [6.45, 7) is 9.56. The molecule has 4 aromatic heterocycles. The molecule has 18 heteroatoms. The van der Waals surface area contributed by atoms with Crippen molar-refractivity contribution in [2.24, 2.45) is 23.7 Å². The molecule has 14 nitrogen and oxygen atoms in total. The fourth-order valence-corrected chi connectivity index (χ4v) is 12.4. The van der Waals surface area contributed by atoms with Crippen molar-refractivity contribution in [3.8, 4) is 0 Å². The third-order valence-corrected chi connectivity index (χ3v) is 15.9. The number of halogens is 4. The summed E-state index contributed by atoms with van der Waals surface area (Å²) in [5.74, 6) is 7.41. The summed E-state index contributed by atoms with van der Waals surface area (Å²) in [6.07, 6.45) is 9.76. The van der Waals surface area contributed by atoms with Gasteiger partial charge in [-0.25, -0.2) is 29.3 Å². The zero-order valence-corrected chi connectivity index (χ0v) is 40.0. The molecule has 8 atom stereocenters. The molecule has 69 heavy (non-hydrogen) atoms. The highest BCUT2D eigenvalue weighted by Gasteiger charge is 2.45. The normalized spacial score (nSPS) is 26.3. The first kappa shape index (κ1) is 45.6. The summed E-state index contributed by atoms with van der Waals surface area (Å²) < 4.78 is 44.1. The summed E-state index contributed by atoms with van der Waals surface area (Å²) >= 11 is 6.13. The van der Waals surface area contributed by atoms with Crippen molar-refractivity contribution in [3.63, 3.8) is 0 Å². The largest absolute Gasteiger partial charge is 0.416 e. The van der Waals surface area contributed by atoms with Crippen molar-refractivity contribution in [1.29, 1.82) is 0 Å². The van der Waals surface area contributed by atoms with Crippen molar-refractivity contribution in [1.82, 2.24) is 49.5 Å². The Morgan fingerprint density at radius 2 is 1.04 bits per heavy atom. The summed E-state index contributed by atoms with van der Waals surface area (Å²) in [5, 5.41) is 17.9. The van der Waals surface area contributed by atoms with Gasteiger partial charge in [-0.3, -0.25) is 0 Å². The highest BCUT2D eigenvalue weighted by molar-refractivity contribution is 6.30. The Morgan fingerprint density at radius 3 is 1.51 bits per heavy atom. The topological polar surface area (TPSA) is 144 Å². The van der Waals surface area contributed by atoms with Crippen LogP contribution in [-0.4, -0.2) is 87.7 Å². The average Bonchev–Trinajstić information content (AvgIpc) is 3.95. The molecule has 4 bridgehead atoms. The maximum Gasteiger partial charge on any atom is 0.416 e. The lowest BCUT2D eigenvalue weighted by atomic mass is 9.92. The number of piperidine rings is 2. The van der Waals surface area contributed by atoms with Gasteiger partial charge in [0.2, 0.25) is 11.9 Å². The fraction of sp³-hybridized carbons (Fsp3) is 0.529. The second-order valence-electron chi connectivity index (χ2n) is 20.2. The van der Waals surface area contributed by atoms with Gasteiger partial charge in [0.05, 0.1) is 5.56 Å². The van der Waals surface area contributed by atoms with Crippen LogP contribution in [0.2, 0.25) is 5.02 Å². The molecule has 6 aliphatic rings. The second-order valence-corrected chi connectivity index (χ2v) is 20.6. The Balaban J connectivity index is 0.000000151. The number of benzene rings is 2. The van der Waals surface area contributed by atoms with Crippen LogP contribution in [0, 0.1) is 37.5 Å². The Bertz CT molecular complexity index is 2710. The molecular formula is C51H60ClF3N14. The van der Waals surface area contributed by atoms with Gasteiger partial charge in [0.15, 0.2) is 0 Å². The molecule has 0 spiro atoms.